The third-order valence-electron chi connectivity index (χ3n) is 2.66. The molecule has 2 aromatic carbocycles. The Hall–Kier alpha value is -1.75. The molecule has 2 aromatic rings. The molecular weight excluding hydrogens is 337 g/mol. The van der Waals surface area contributed by atoms with Gasteiger partial charge in [-0.15, -0.1) is 0 Å². The second kappa shape index (κ2) is 6.35. The van der Waals surface area contributed by atoms with E-state index < -0.39 is 11.9 Å². The van der Waals surface area contributed by atoms with E-state index in [-0.39, 0.29) is 26.9 Å². The topological polar surface area (TPSA) is 66.4 Å². The van der Waals surface area contributed by atoms with E-state index in [9.17, 15) is 9.59 Å². The summed E-state index contributed by atoms with van der Waals surface area (Å²) in [4.78, 5) is 23.3. The summed E-state index contributed by atoms with van der Waals surface area (Å²) in [5.41, 5.74) is 0.180. The van der Waals surface area contributed by atoms with Gasteiger partial charge in [0.1, 0.15) is 5.56 Å². The number of aromatic carboxylic acids is 1. The number of benzene rings is 2. The largest absolute Gasteiger partial charge is 0.478 e. The minimum absolute atomic E-state index is 0.0365. The maximum absolute atomic E-state index is 12.1. The lowest BCUT2D eigenvalue weighted by Crippen LogP contribution is -2.15. The first-order valence-corrected chi connectivity index (χ1v) is 6.81. The lowest BCUT2D eigenvalue weighted by molar-refractivity contribution is 0.0698. The normalized spacial score (nSPS) is 10.2. The maximum atomic E-state index is 12.1. The second-order valence-electron chi connectivity index (χ2n) is 4.05. The highest BCUT2D eigenvalue weighted by atomic mass is 35.5. The van der Waals surface area contributed by atoms with Crippen molar-refractivity contribution in [2.24, 2.45) is 0 Å². The van der Waals surface area contributed by atoms with Crippen LogP contribution in [0.1, 0.15) is 20.7 Å². The summed E-state index contributed by atoms with van der Waals surface area (Å²) in [5, 5.41) is 12.2. The molecule has 0 bridgehead atoms. The third kappa shape index (κ3) is 3.47. The van der Waals surface area contributed by atoms with Crippen molar-refractivity contribution >= 4 is 52.4 Å². The molecule has 0 spiro atoms. The Labute approximate surface area is 135 Å². The van der Waals surface area contributed by atoms with Crippen molar-refractivity contribution in [3.05, 3.63) is 62.6 Å². The van der Waals surface area contributed by atoms with Crippen LogP contribution in [0.5, 0.6) is 0 Å². The molecule has 4 nitrogen and oxygen atoms in total. The van der Waals surface area contributed by atoms with Gasteiger partial charge in [-0.25, -0.2) is 4.79 Å². The predicted octanol–water partition coefficient (Wildman–Crippen LogP) is 4.60. The third-order valence-corrected chi connectivity index (χ3v) is 3.71. The number of amides is 1. The van der Waals surface area contributed by atoms with E-state index in [0.29, 0.717) is 5.02 Å². The smallest absolute Gasteiger partial charge is 0.339 e. The van der Waals surface area contributed by atoms with Gasteiger partial charge in [0.05, 0.1) is 20.8 Å². The van der Waals surface area contributed by atoms with Crippen LogP contribution in [0.2, 0.25) is 15.1 Å². The van der Waals surface area contributed by atoms with Crippen molar-refractivity contribution < 1.29 is 14.7 Å². The first-order valence-electron chi connectivity index (χ1n) is 5.68. The van der Waals surface area contributed by atoms with Crippen molar-refractivity contribution in [2.75, 3.05) is 5.32 Å². The molecule has 0 aliphatic carbocycles. The van der Waals surface area contributed by atoms with Crippen LogP contribution >= 0.6 is 34.8 Å². The van der Waals surface area contributed by atoms with Gasteiger partial charge < -0.3 is 10.4 Å². The lowest BCUT2D eigenvalue weighted by atomic mass is 10.1. The molecule has 0 heterocycles. The molecule has 0 saturated carbocycles. The van der Waals surface area contributed by atoms with Crippen molar-refractivity contribution in [3.8, 4) is 0 Å². The second-order valence-corrected chi connectivity index (χ2v) is 5.27. The van der Waals surface area contributed by atoms with Gasteiger partial charge in [0.25, 0.3) is 5.91 Å². The Balaban J connectivity index is 2.34. The molecule has 0 atom stereocenters. The molecule has 0 aliphatic rings. The van der Waals surface area contributed by atoms with E-state index >= 15 is 0 Å². The minimum atomic E-state index is -1.23. The molecule has 0 aromatic heterocycles. The molecule has 0 fully saturated rings. The molecule has 108 valence electrons. The predicted molar refractivity (Wildman–Crippen MR) is 82.8 cm³/mol. The SMILES string of the molecule is O=C(Nc1cccc(Cl)c1C(=O)O)c1ccc(Cl)c(Cl)c1. The van der Waals surface area contributed by atoms with Gasteiger partial charge in [-0.05, 0) is 30.3 Å². The van der Waals surface area contributed by atoms with Gasteiger partial charge in [0.15, 0.2) is 0 Å². The maximum Gasteiger partial charge on any atom is 0.339 e. The zero-order chi connectivity index (χ0) is 15.6. The first-order chi connectivity index (χ1) is 9.90. The van der Waals surface area contributed by atoms with Crippen molar-refractivity contribution in [1.29, 1.82) is 0 Å². The number of carboxylic acids is 1. The summed E-state index contributed by atoms with van der Waals surface area (Å²) < 4.78 is 0. The Morgan fingerprint density at radius 2 is 1.67 bits per heavy atom. The highest BCUT2D eigenvalue weighted by molar-refractivity contribution is 6.42. The van der Waals surface area contributed by atoms with E-state index in [0.717, 1.165) is 0 Å². The number of carbonyl (C=O) groups is 2. The monoisotopic (exact) mass is 343 g/mol. The Bertz CT molecular complexity index is 731. The quantitative estimate of drug-likeness (QED) is 0.855. The van der Waals surface area contributed by atoms with Crippen LogP contribution in [0, 0.1) is 0 Å². The molecule has 1 amide bonds. The summed E-state index contributed by atoms with van der Waals surface area (Å²) in [5.74, 6) is -1.75. The van der Waals surface area contributed by atoms with E-state index in [2.05, 4.69) is 5.32 Å². The number of carboxylic acid groups (broad SMARTS) is 1. The fraction of sp³-hybridized carbons (Fsp3) is 0. The molecule has 0 unspecified atom stereocenters. The molecular formula is C14H8Cl3NO3. The highest BCUT2D eigenvalue weighted by Crippen LogP contribution is 2.26. The van der Waals surface area contributed by atoms with Gasteiger partial charge in [0.2, 0.25) is 0 Å². The summed E-state index contributed by atoms with van der Waals surface area (Å²) in [7, 11) is 0. The van der Waals surface area contributed by atoms with Crippen molar-refractivity contribution in [1.82, 2.24) is 0 Å². The van der Waals surface area contributed by atoms with E-state index in [4.69, 9.17) is 39.9 Å². The van der Waals surface area contributed by atoms with Crippen LogP contribution < -0.4 is 5.32 Å². The number of rotatable bonds is 3. The molecule has 7 heteroatoms. The number of hydrogen-bond acceptors (Lipinski definition) is 2. The van der Waals surface area contributed by atoms with Crippen LogP contribution in [0.3, 0.4) is 0 Å². The molecule has 21 heavy (non-hydrogen) atoms. The van der Waals surface area contributed by atoms with Gasteiger partial charge in [-0.2, -0.15) is 0 Å². The summed E-state index contributed by atoms with van der Waals surface area (Å²) in [6, 6.07) is 8.78. The van der Waals surface area contributed by atoms with Crippen LogP contribution in [0.15, 0.2) is 36.4 Å². The molecule has 0 aliphatic heterocycles. The molecule has 0 radical (unpaired) electrons. The lowest BCUT2D eigenvalue weighted by Gasteiger charge is -2.10. The van der Waals surface area contributed by atoms with Crippen LogP contribution in [-0.4, -0.2) is 17.0 Å². The average Bonchev–Trinajstić information content (AvgIpc) is 2.41. The van der Waals surface area contributed by atoms with Crippen LogP contribution in [0.25, 0.3) is 0 Å². The average molecular weight is 345 g/mol. The Morgan fingerprint density at radius 3 is 2.29 bits per heavy atom. The Kier molecular flexibility index (Phi) is 4.73. The van der Waals surface area contributed by atoms with Crippen molar-refractivity contribution in [3.63, 3.8) is 0 Å². The summed E-state index contributed by atoms with van der Waals surface area (Å²) in [6.07, 6.45) is 0. The van der Waals surface area contributed by atoms with E-state index in [1.54, 1.807) is 6.07 Å². The number of halogens is 3. The van der Waals surface area contributed by atoms with Gasteiger partial charge in [0, 0.05) is 5.56 Å². The number of hydrogen-bond donors (Lipinski definition) is 2. The number of anilines is 1. The number of nitrogens with one attached hydrogen (secondary N) is 1. The Morgan fingerprint density at radius 1 is 0.952 bits per heavy atom. The van der Waals surface area contributed by atoms with E-state index in [1.807, 2.05) is 0 Å². The molecule has 0 saturated heterocycles. The van der Waals surface area contributed by atoms with Crippen LogP contribution in [0.4, 0.5) is 5.69 Å². The van der Waals surface area contributed by atoms with Crippen molar-refractivity contribution in [2.45, 2.75) is 0 Å². The fourth-order valence-electron chi connectivity index (χ4n) is 1.68. The summed E-state index contributed by atoms with van der Waals surface area (Å²) >= 11 is 17.4. The van der Waals surface area contributed by atoms with Crippen LogP contribution in [-0.2, 0) is 0 Å². The number of carbonyl (C=O) groups excluding carboxylic acids is 1. The highest BCUT2D eigenvalue weighted by Gasteiger charge is 2.17. The summed E-state index contributed by atoms with van der Waals surface area (Å²) in [6.45, 7) is 0. The van der Waals surface area contributed by atoms with Gasteiger partial charge >= 0.3 is 5.97 Å². The van der Waals surface area contributed by atoms with Gasteiger partial charge in [-0.3, -0.25) is 4.79 Å². The minimum Gasteiger partial charge on any atom is -0.478 e. The van der Waals surface area contributed by atoms with Gasteiger partial charge in [-0.1, -0.05) is 40.9 Å². The van der Waals surface area contributed by atoms with E-state index in [1.165, 1.54) is 30.3 Å². The fourth-order valence-corrected chi connectivity index (χ4v) is 2.23. The molecule has 2 N–H and O–H groups in total. The zero-order valence-electron chi connectivity index (χ0n) is 10.4. The first kappa shape index (κ1) is 15.6. The molecule has 2 rings (SSSR count). The standard InChI is InChI=1S/C14H8Cl3NO3/c15-8-5-4-7(6-10(8)17)13(19)18-11-3-1-2-9(16)12(11)14(20)21/h1-6H,(H,18,19)(H,20,21). The zero-order valence-corrected chi connectivity index (χ0v) is 12.6.